The largest absolute Gasteiger partial charge is 0.366 e. The molecule has 108 valence electrons. The molecule has 2 aromatic carbocycles. The van der Waals surface area contributed by atoms with Crippen molar-refractivity contribution >= 4 is 21.4 Å². The molecule has 0 aliphatic heterocycles. The van der Waals surface area contributed by atoms with Crippen molar-refractivity contribution in [3.63, 3.8) is 0 Å². The van der Waals surface area contributed by atoms with E-state index in [4.69, 9.17) is 5.73 Å². The van der Waals surface area contributed by atoms with Crippen molar-refractivity contribution in [2.24, 2.45) is 5.73 Å². The highest BCUT2D eigenvalue weighted by molar-refractivity contribution is 7.91. The van der Waals surface area contributed by atoms with E-state index in [1.807, 2.05) is 0 Å². The summed E-state index contributed by atoms with van der Waals surface area (Å²) in [5, 5.41) is 10.7. The zero-order valence-electron chi connectivity index (χ0n) is 10.6. The van der Waals surface area contributed by atoms with Crippen LogP contribution in [-0.4, -0.2) is 19.2 Å². The zero-order valence-corrected chi connectivity index (χ0v) is 11.4. The number of amides is 1. The number of nitro benzene ring substituents is 1. The highest BCUT2D eigenvalue weighted by atomic mass is 32.2. The third kappa shape index (κ3) is 2.75. The highest BCUT2D eigenvalue weighted by Crippen LogP contribution is 2.26. The van der Waals surface area contributed by atoms with E-state index in [-0.39, 0.29) is 21.0 Å². The zero-order chi connectivity index (χ0) is 15.6. The molecular weight excluding hydrogens is 296 g/mol. The molecule has 0 fully saturated rings. The molecule has 0 saturated carbocycles. The molecule has 0 heterocycles. The van der Waals surface area contributed by atoms with Crippen LogP contribution in [0.5, 0.6) is 0 Å². The van der Waals surface area contributed by atoms with E-state index in [2.05, 4.69) is 0 Å². The first-order chi connectivity index (χ1) is 9.84. The van der Waals surface area contributed by atoms with Gasteiger partial charge >= 0.3 is 0 Å². The molecule has 2 rings (SSSR count). The number of nitrogens with zero attached hydrogens (tertiary/aromatic N) is 1. The molecule has 0 aliphatic carbocycles. The van der Waals surface area contributed by atoms with Gasteiger partial charge in [0.15, 0.2) is 0 Å². The Morgan fingerprint density at radius 2 is 1.76 bits per heavy atom. The lowest BCUT2D eigenvalue weighted by atomic mass is 10.2. The Morgan fingerprint density at radius 3 is 2.38 bits per heavy atom. The monoisotopic (exact) mass is 306 g/mol. The predicted molar refractivity (Wildman–Crippen MR) is 73.5 cm³/mol. The Balaban J connectivity index is 2.66. The summed E-state index contributed by atoms with van der Waals surface area (Å²) in [5.74, 6) is -0.889. The van der Waals surface area contributed by atoms with Gasteiger partial charge in [-0.05, 0) is 18.2 Å². The SMILES string of the molecule is NC(=O)c1ccccc1S(=O)(=O)c1cccc([N+](=O)[O-])c1. The predicted octanol–water partition coefficient (Wildman–Crippen LogP) is 1.53. The number of hydrogen-bond donors (Lipinski definition) is 1. The highest BCUT2D eigenvalue weighted by Gasteiger charge is 2.24. The van der Waals surface area contributed by atoms with Crippen molar-refractivity contribution < 1.29 is 18.1 Å². The van der Waals surface area contributed by atoms with Crippen LogP contribution in [0.2, 0.25) is 0 Å². The summed E-state index contributed by atoms with van der Waals surface area (Å²) in [6, 6.07) is 10.0. The van der Waals surface area contributed by atoms with Gasteiger partial charge in [-0.2, -0.15) is 0 Å². The first-order valence-electron chi connectivity index (χ1n) is 5.72. The van der Waals surface area contributed by atoms with Gasteiger partial charge in [0.2, 0.25) is 15.7 Å². The number of benzene rings is 2. The van der Waals surface area contributed by atoms with Crippen LogP contribution in [0, 0.1) is 10.1 Å². The van der Waals surface area contributed by atoms with Gasteiger partial charge in [0.25, 0.3) is 5.69 Å². The molecule has 0 atom stereocenters. The standard InChI is InChI=1S/C13H10N2O5S/c14-13(16)11-6-1-2-7-12(11)21(19,20)10-5-3-4-9(8-10)15(17)18/h1-8H,(H2,14,16). The molecule has 0 saturated heterocycles. The van der Waals surface area contributed by atoms with Gasteiger partial charge in [-0.1, -0.05) is 18.2 Å². The average molecular weight is 306 g/mol. The minimum atomic E-state index is -4.08. The normalized spacial score (nSPS) is 11.0. The van der Waals surface area contributed by atoms with E-state index in [1.54, 1.807) is 0 Å². The fraction of sp³-hybridized carbons (Fsp3) is 0. The lowest BCUT2D eigenvalue weighted by Gasteiger charge is -2.08. The average Bonchev–Trinajstić information content (AvgIpc) is 2.47. The molecule has 2 aromatic rings. The summed E-state index contributed by atoms with van der Waals surface area (Å²) in [6.45, 7) is 0. The fourth-order valence-electron chi connectivity index (χ4n) is 1.80. The Bertz CT molecular complexity index is 830. The number of nitrogens with two attached hydrogens (primary N) is 1. The maximum atomic E-state index is 12.5. The van der Waals surface area contributed by atoms with Crippen molar-refractivity contribution in [1.29, 1.82) is 0 Å². The summed E-state index contributed by atoms with van der Waals surface area (Å²) in [7, 11) is -4.08. The van der Waals surface area contributed by atoms with E-state index in [0.29, 0.717) is 0 Å². The Morgan fingerprint density at radius 1 is 1.10 bits per heavy atom. The van der Waals surface area contributed by atoms with Crippen molar-refractivity contribution in [1.82, 2.24) is 0 Å². The van der Waals surface area contributed by atoms with Crippen LogP contribution in [0.3, 0.4) is 0 Å². The second-order valence-electron chi connectivity index (χ2n) is 4.12. The number of carbonyl (C=O) groups is 1. The van der Waals surface area contributed by atoms with Crippen LogP contribution >= 0.6 is 0 Å². The summed E-state index contributed by atoms with van der Waals surface area (Å²) < 4.78 is 25.0. The number of nitro groups is 1. The van der Waals surface area contributed by atoms with E-state index >= 15 is 0 Å². The number of sulfone groups is 1. The quantitative estimate of drug-likeness (QED) is 0.678. The molecule has 7 nitrogen and oxygen atoms in total. The van der Waals surface area contributed by atoms with E-state index in [9.17, 15) is 23.3 Å². The second-order valence-corrected chi connectivity index (χ2v) is 6.04. The molecular formula is C13H10N2O5S. The van der Waals surface area contributed by atoms with Crippen LogP contribution in [0.25, 0.3) is 0 Å². The first kappa shape index (κ1) is 14.7. The summed E-state index contributed by atoms with van der Waals surface area (Å²) in [5.41, 5.74) is 4.64. The van der Waals surface area contributed by atoms with Crippen molar-refractivity contribution in [2.75, 3.05) is 0 Å². The van der Waals surface area contributed by atoms with Crippen LogP contribution in [-0.2, 0) is 9.84 Å². The number of primary amides is 1. The third-order valence-corrected chi connectivity index (χ3v) is 4.59. The van der Waals surface area contributed by atoms with Gasteiger partial charge in [0.05, 0.1) is 20.3 Å². The number of non-ortho nitro benzene ring substituents is 1. The molecule has 21 heavy (non-hydrogen) atoms. The van der Waals surface area contributed by atoms with Crippen molar-refractivity contribution in [3.8, 4) is 0 Å². The maximum absolute atomic E-state index is 12.5. The number of carbonyl (C=O) groups excluding carboxylic acids is 1. The van der Waals surface area contributed by atoms with Gasteiger partial charge in [-0.3, -0.25) is 14.9 Å². The molecule has 0 radical (unpaired) electrons. The van der Waals surface area contributed by atoms with Crippen LogP contribution in [0.4, 0.5) is 5.69 Å². The smallest absolute Gasteiger partial charge is 0.270 e. The Kier molecular flexibility index (Phi) is 3.72. The molecule has 0 unspecified atom stereocenters. The van der Waals surface area contributed by atoms with Gasteiger partial charge < -0.3 is 5.73 Å². The van der Waals surface area contributed by atoms with Crippen LogP contribution in [0.1, 0.15) is 10.4 Å². The van der Waals surface area contributed by atoms with Gasteiger partial charge in [-0.25, -0.2) is 8.42 Å². The molecule has 8 heteroatoms. The summed E-state index contributed by atoms with van der Waals surface area (Å²) in [4.78, 5) is 20.8. The molecule has 2 N–H and O–H groups in total. The molecule has 1 amide bonds. The summed E-state index contributed by atoms with van der Waals surface area (Å²) >= 11 is 0. The molecule has 0 bridgehead atoms. The minimum absolute atomic E-state index is 0.163. The van der Waals surface area contributed by atoms with E-state index < -0.39 is 20.7 Å². The Labute approximate surface area is 120 Å². The molecule has 0 aromatic heterocycles. The maximum Gasteiger partial charge on any atom is 0.270 e. The van der Waals surface area contributed by atoms with Gasteiger partial charge in [0.1, 0.15) is 0 Å². The minimum Gasteiger partial charge on any atom is -0.366 e. The number of hydrogen-bond acceptors (Lipinski definition) is 5. The lowest BCUT2D eigenvalue weighted by molar-refractivity contribution is -0.385. The fourth-order valence-corrected chi connectivity index (χ4v) is 3.30. The lowest BCUT2D eigenvalue weighted by Crippen LogP contribution is -2.16. The van der Waals surface area contributed by atoms with Crippen molar-refractivity contribution in [3.05, 3.63) is 64.2 Å². The van der Waals surface area contributed by atoms with E-state index in [1.165, 1.54) is 42.5 Å². The van der Waals surface area contributed by atoms with Crippen molar-refractivity contribution in [2.45, 2.75) is 9.79 Å². The topological polar surface area (TPSA) is 120 Å². The third-order valence-electron chi connectivity index (χ3n) is 2.78. The molecule has 0 spiro atoms. The van der Waals surface area contributed by atoms with Crippen LogP contribution in [0.15, 0.2) is 58.3 Å². The summed E-state index contributed by atoms with van der Waals surface area (Å²) in [6.07, 6.45) is 0. The van der Waals surface area contributed by atoms with E-state index in [0.717, 1.165) is 6.07 Å². The van der Waals surface area contributed by atoms with Crippen LogP contribution < -0.4 is 5.73 Å². The Hall–Kier alpha value is -2.74. The van der Waals surface area contributed by atoms with Gasteiger partial charge in [0, 0.05) is 12.1 Å². The molecule has 0 aliphatic rings. The van der Waals surface area contributed by atoms with Gasteiger partial charge in [-0.15, -0.1) is 0 Å². The first-order valence-corrected chi connectivity index (χ1v) is 7.21. The number of rotatable bonds is 4. The second kappa shape index (κ2) is 5.33.